The number of carbonyl (C=O) groups excluding carboxylic acids is 2. The van der Waals surface area contributed by atoms with Crippen molar-refractivity contribution >= 4 is 11.9 Å². The SMILES string of the molecule is O=C(CCCCCC(CO)CCCCCC(=O)OCc1ccccc1)OCC1=CC=CC=CC1. The first-order chi connectivity index (χ1) is 16.7. The number of rotatable bonds is 17. The molecule has 5 nitrogen and oxygen atoms in total. The Bertz CT molecular complexity index is 794. The van der Waals surface area contributed by atoms with Crippen molar-refractivity contribution in [3.63, 3.8) is 0 Å². The molecular formula is C29H40O5. The average molecular weight is 469 g/mol. The van der Waals surface area contributed by atoms with Crippen molar-refractivity contribution in [1.82, 2.24) is 0 Å². The number of carbonyl (C=O) groups is 2. The number of hydrogen-bond acceptors (Lipinski definition) is 5. The van der Waals surface area contributed by atoms with Crippen LogP contribution in [0.3, 0.4) is 0 Å². The summed E-state index contributed by atoms with van der Waals surface area (Å²) < 4.78 is 10.7. The maximum atomic E-state index is 11.9. The summed E-state index contributed by atoms with van der Waals surface area (Å²) in [6.45, 7) is 0.890. The fourth-order valence-electron chi connectivity index (χ4n) is 3.87. The molecule has 5 heteroatoms. The number of unbranched alkanes of at least 4 members (excludes halogenated alkanes) is 4. The molecule has 34 heavy (non-hydrogen) atoms. The maximum absolute atomic E-state index is 11.9. The fourth-order valence-corrected chi connectivity index (χ4v) is 3.87. The predicted molar refractivity (Wildman–Crippen MR) is 135 cm³/mol. The second kappa shape index (κ2) is 17.8. The van der Waals surface area contributed by atoms with E-state index in [0.717, 1.165) is 68.9 Å². The van der Waals surface area contributed by atoms with Gasteiger partial charge in [-0.25, -0.2) is 0 Å². The molecule has 0 heterocycles. The van der Waals surface area contributed by atoms with Crippen LogP contribution in [0.1, 0.15) is 76.2 Å². The van der Waals surface area contributed by atoms with Crippen LogP contribution in [-0.4, -0.2) is 30.3 Å². The number of aliphatic hydroxyl groups excluding tert-OH is 1. The lowest BCUT2D eigenvalue weighted by atomic mass is 9.95. The molecule has 186 valence electrons. The molecule has 0 amide bonds. The molecule has 0 aliphatic heterocycles. The minimum atomic E-state index is -0.152. The summed E-state index contributed by atoms with van der Waals surface area (Å²) in [4.78, 5) is 23.8. The number of benzene rings is 1. The normalized spacial score (nSPS) is 13.7. The van der Waals surface area contributed by atoms with Gasteiger partial charge in [0.15, 0.2) is 0 Å². The zero-order valence-corrected chi connectivity index (χ0v) is 20.3. The van der Waals surface area contributed by atoms with Gasteiger partial charge in [0.05, 0.1) is 0 Å². The minimum absolute atomic E-state index is 0.140. The van der Waals surface area contributed by atoms with Crippen LogP contribution in [0, 0.1) is 5.92 Å². The van der Waals surface area contributed by atoms with Crippen LogP contribution in [0.25, 0.3) is 0 Å². The van der Waals surface area contributed by atoms with Crippen LogP contribution in [0.4, 0.5) is 0 Å². The predicted octanol–water partition coefficient (Wildman–Crippen LogP) is 6.23. The van der Waals surface area contributed by atoms with Gasteiger partial charge in [0, 0.05) is 19.4 Å². The monoisotopic (exact) mass is 468 g/mol. The van der Waals surface area contributed by atoms with Gasteiger partial charge in [0.25, 0.3) is 0 Å². The molecule has 0 spiro atoms. The van der Waals surface area contributed by atoms with Crippen molar-refractivity contribution in [2.45, 2.75) is 77.2 Å². The second-order valence-corrected chi connectivity index (χ2v) is 8.90. The first-order valence-electron chi connectivity index (χ1n) is 12.6. The van der Waals surface area contributed by atoms with Gasteiger partial charge >= 0.3 is 11.9 Å². The number of aliphatic hydroxyl groups is 1. The Balaban J connectivity index is 1.43. The molecule has 0 radical (unpaired) electrons. The van der Waals surface area contributed by atoms with Crippen molar-refractivity contribution in [3.05, 3.63) is 71.8 Å². The summed E-state index contributed by atoms with van der Waals surface area (Å²) in [6, 6.07) is 9.70. The molecule has 1 N–H and O–H groups in total. The van der Waals surface area contributed by atoms with Gasteiger partial charge in [-0.1, -0.05) is 86.4 Å². The van der Waals surface area contributed by atoms with E-state index in [1.807, 2.05) is 54.6 Å². The van der Waals surface area contributed by atoms with Gasteiger partial charge in [-0.3, -0.25) is 9.59 Å². The Kier molecular flexibility index (Phi) is 14.4. The lowest BCUT2D eigenvalue weighted by Crippen LogP contribution is -2.08. The van der Waals surface area contributed by atoms with Crippen molar-refractivity contribution in [3.8, 4) is 0 Å². The van der Waals surface area contributed by atoms with Crippen LogP contribution in [-0.2, 0) is 25.7 Å². The fraction of sp³-hybridized carbons (Fsp3) is 0.517. The van der Waals surface area contributed by atoms with E-state index in [9.17, 15) is 14.7 Å². The quantitative estimate of drug-likeness (QED) is 0.217. The molecule has 2 rings (SSSR count). The van der Waals surface area contributed by atoms with Crippen molar-refractivity contribution < 1.29 is 24.2 Å². The molecule has 1 aromatic rings. The molecule has 0 saturated carbocycles. The van der Waals surface area contributed by atoms with E-state index in [1.165, 1.54) is 0 Å². The molecule has 1 aliphatic carbocycles. The zero-order chi connectivity index (χ0) is 24.3. The molecule has 1 aliphatic rings. The lowest BCUT2D eigenvalue weighted by Gasteiger charge is -2.13. The summed E-state index contributed by atoms with van der Waals surface area (Å²) in [6.07, 6.45) is 19.2. The number of ether oxygens (including phenoxy) is 2. The third kappa shape index (κ3) is 13.1. The third-order valence-corrected chi connectivity index (χ3v) is 5.98. The van der Waals surface area contributed by atoms with E-state index < -0.39 is 0 Å². The van der Waals surface area contributed by atoms with Crippen LogP contribution >= 0.6 is 0 Å². The second-order valence-electron chi connectivity index (χ2n) is 8.90. The lowest BCUT2D eigenvalue weighted by molar-refractivity contribution is -0.145. The molecule has 0 fully saturated rings. The van der Waals surface area contributed by atoms with E-state index in [1.54, 1.807) is 0 Å². The van der Waals surface area contributed by atoms with E-state index >= 15 is 0 Å². The standard InChI is InChI=1S/C29H40O5/c30-22-25(15-9-5-13-21-29(32)34-24-27-18-10-3-11-19-27)14-8-4-12-20-28(31)33-23-26-16-6-1-2-7-17-26/h1-3,6-7,10-11,16,18-19,25,30H,4-5,8-9,12-15,17,20-24H2. The van der Waals surface area contributed by atoms with Gasteiger partial charge in [-0.15, -0.1) is 0 Å². The molecule has 0 bridgehead atoms. The largest absolute Gasteiger partial charge is 0.461 e. The highest BCUT2D eigenvalue weighted by Crippen LogP contribution is 2.18. The van der Waals surface area contributed by atoms with Crippen LogP contribution < -0.4 is 0 Å². The first-order valence-corrected chi connectivity index (χ1v) is 12.6. The minimum Gasteiger partial charge on any atom is -0.461 e. The Labute approximate surface area is 204 Å². The third-order valence-electron chi connectivity index (χ3n) is 5.98. The molecule has 0 saturated heterocycles. The average Bonchev–Trinajstić information content (AvgIpc) is 3.14. The number of esters is 2. The smallest absolute Gasteiger partial charge is 0.306 e. The summed E-state index contributed by atoms with van der Waals surface area (Å²) in [5.41, 5.74) is 2.11. The molecule has 1 aromatic carbocycles. The van der Waals surface area contributed by atoms with Gasteiger partial charge < -0.3 is 14.6 Å². The summed E-state index contributed by atoms with van der Waals surface area (Å²) in [7, 11) is 0. The van der Waals surface area contributed by atoms with Gasteiger partial charge in [0.1, 0.15) is 13.2 Å². The van der Waals surface area contributed by atoms with E-state index in [4.69, 9.17) is 9.47 Å². The van der Waals surface area contributed by atoms with E-state index in [-0.39, 0.29) is 18.5 Å². The highest BCUT2D eigenvalue weighted by Gasteiger charge is 2.09. The van der Waals surface area contributed by atoms with Crippen LogP contribution in [0.5, 0.6) is 0 Å². The van der Waals surface area contributed by atoms with Gasteiger partial charge in [-0.2, -0.15) is 0 Å². The van der Waals surface area contributed by atoms with Crippen molar-refractivity contribution in [2.75, 3.05) is 13.2 Å². The van der Waals surface area contributed by atoms with Crippen molar-refractivity contribution in [1.29, 1.82) is 0 Å². The molecular weight excluding hydrogens is 428 g/mol. The Morgan fingerprint density at radius 3 is 2.09 bits per heavy atom. The Hall–Kier alpha value is -2.66. The molecule has 0 aromatic heterocycles. The van der Waals surface area contributed by atoms with Crippen LogP contribution in [0.2, 0.25) is 0 Å². The Morgan fingerprint density at radius 1 is 0.794 bits per heavy atom. The summed E-state index contributed by atoms with van der Waals surface area (Å²) in [5, 5.41) is 9.64. The first kappa shape index (κ1) is 27.6. The van der Waals surface area contributed by atoms with E-state index in [0.29, 0.717) is 32.0 Å². The highest BCUT2D eigenvalue weighted by molar-refractivity contribution is 5.69. The zero-order valence-electron chi connectivity index (χ0n) is 20.3. The Morgan fingerprint density at radius 2 is 1.44 bits per heavy atom. The van der Waals surface area contributed by atoms with Gasteiger partial charge in [-0.05, 0) is 49.2 Å². The molecule has 1 unspecified atom stereocenters. The van der Waals surface area contributed by atoms with Gasteiger partial charge in [0.2, 0.25) is 0 Å². The van der Waals surface area contributed by atoms with E-state index in [2.05, 4.69) is 6.08 Å². The maximum Gasteiger partial charge on any atom is 0.306 e. The summed E-state index contributed by atoms with van der Waals surface area (Å²) in [5.74, 6) is 0.0000963. The van der Waals surface area contributed by atoms with Crippen molar-refractivity contribution in [2.24, 2.45) is 5.92 Å². The number of allylic oxidation sites excluding steroid dienone is 5. The summed E-state index contributed by atoms with van der Waals surface area (Å²) >= 11 is 0. The highest BCUT2D eigenvalue weighted by atomic mass is 16.5. The topological polar surface area (TPSA) is 72.8 Å². The number of hydrogen-bond donors (Lipinski definition) is 1. The molecule has 1 atom stereocenters. The van der Waals surface area contributed by atoms with Crippen LogP contribution in [0.15, 0.2) is 66.3 Å².